The molecule has 0 amide bonds. The smallest absolute Gasteiger partial charge is 0.215 e. The van der Waals surface area contributed by atoms with E-state index in [1.54, 1.807) is 14.2 Å². The highest BCUT2D eigenvalue weighted by molar-refractivity contribution is 5.85. The normalized spacial score (nSPS) is 14.2. The first kappa shape index (κ1) is 24.2. The summed E-state index contributed by atoms with van der Waals surface area (Å²) in [6.07, 6.45) is 2.10. The molecule has 1 fully saturated rings. The molecule has 0 N–H and O–H groups in total. The zero-order valence-electron chi connectivity index (χ0n) is 18.2. The highest BCUT2D eigenvalue weighted by Crippen LogP contribution is 2.33. The van der Waals surface area contributed by atoms with Crippen molar-refractivity contribution in [1.82, 2.24) is 18.9 Å². The van der Waals surface area contributed by atoms with E-state index in [1.807, 2.05) is 18.2 Å². The quantitative estimate of drug-likeness (QED) is 0.416. The van der Waals surface area contributed by atoms with Crippen LogP contribution < -0.4 is 9.47 Å². The second kappa shape index (κ2) is 10.4. The van der Waals surface area contributed by atoms with Crippen molar-refractivity contribution in [3.05, 3.63) is 48.7 Å². The van der Waals surface area contributed by atoms with Crippen LogP contribution in [0.15, 0.2) is 48.7 Å². The maximum absolute atomic E-state index is 5.48. The largest absolute Gasteiger partial charge is 0.493 e. The van der Waals surface area contributed by atoms with Gasteiger partial charge in [0, 0.05) is 37.9 Å². The van der Waals surface area contributed by atoms with Gasteiger partial charge >= 0.3 is 0 Å². The van der Waals surface area contributed by atoms with Crippen molar-refractivity contribution in [3.8, 4) is 22.8 Å². The number of morpholine rings is 1. The van der Waals surface area contributed by atoms with Crippen LogP contribution in [-0.4, -0.2) is 65.9 Å². The predicted molar refractivity (Wildman–Crippen MR) is 131 cm³/mol. The molecule has 7 nitrogen and oxygen atoms in total. The van der Waals surface area contributed by atoms with Crippen LogP contribution in [0.1, 0.15) is 0 Å². The Morgan fingerprint density at radius 3 is 2.34 bits per heavy atom. The van der Waals surface area contributed by atoms with Crippen molar-refractivity contribution >= 4 is 41.6 Å². The van der Waals surface area contributed by atoms with E-state index in [2.05, 4.69) is 44.3 Å². The number of imidazole rings is 2. The van der Waals surface area contributed by atoms with Gasteiger partial charge in [-0.05, 0) is 30.3 Å². The summed E-state index contributed by atoms with van der Waals surface area (Å²) in [5, 5.41) is 0. The number of hydrogen-bond acceptors (Lipinski definition) is 5. The predicted octanol–water partition coefficient (Wildman–Crippen LogP) is 4.15. The van der Waals surface area contributed by atoms with Gasteiger partial charge in [0.15, 0.2) is 11.5 Å². The van der Waals surface area contributed by atoms with Gasteiger partial charge in [-0.3, -0.25) is 9.30 Å². The minimum Gasteiger partial charge on any atom is -0.493 e. The molecule has 0 bridgehead atoms. The highest BCUT2D eigenvalue weighted by atomic mass is 35.5. The summed E-state index contributed by atoms with van der Waals surface area (Å²) >= 11 is 0. The summed E-state index contributed by atoms with van der Waals surface area (Å²) in [6.45, 7) is 5.47. The Labute approximate surface area is 199 Å². The van der Waals surface area contributed by atoms with E-state index >= 15 is 0 Å². The summed E-state index contributed by atoms with van der Waals surface area (Å²) in [5.41, 5.74) is 4.28. The van der Waals surface area contributed by atoms with Gasteiger partial charge < -0.3 is 18.8 Å². The summed E-state index contributed by atoms with van der Waals surface area (Å²) in [7, 11) is 3.30. The molecule has 5 rings (SSSR count). The minimum absolute atomic E-state index is 0. The second-order valence-corrected chi connectivity index (χ2v) is 7.46. The van der Waals surface area contributed by atoms with Crippen molar-refractivity contribution < 1.29 is 14.2 Å². The lowest BCUT2D eigenvalue weighted by Crippen LogP contribution is -2.38. The fourth-order valence-corrected chi connectivity index (χ4v) is 4.16. The summed E-state index contributed by atoms with van der Waals surface area (Å²) in [4.78, 5) is 7.45. The second-order valence-electron chi connectivity index (χ2n) is 7.46. The van der Waals surface area contributed by atoms with Crippen LogP contribution >= 0.6 is 24.8 Å². The molecular weight excluding hydrogens is 451 g/mol. The molecule has 0 aliphatic carbocycles. The maximum atomic E-state index is 5.48. The van der Waals surface area contributed by atoms with Gasteiger partial charge in [-0.2, -0.15) is 0 Å². The average molecular weight is 479 g/mol. The molecule has 0 spiro atoms. The Morgan fingerprint density at radius 1 is 0.906 bits per heavy atom. The molecule has 0 radical (unpaired) electrons. The molecule has 0 atom stereocenters. The number of para-hydroxylation sites is 2. The lowest BCUT2D eigenvalue weighted by Gasteiger charge is -2.26. The van der Waals surface area contributed by atoms with E-state index < -0.39 is 0 Å². The number of halogens is 2. The Morgan fingerprint density at radius 2 is 1.62 bits per heavy atom. The summed E-state index contributed by atoms with van der Waals surface area (Å²) in [6, 6.07) is 14.4. The Bertz CT molecular complexity index is 1180. The van der Waals surface area contributed by atoms with Crippen molar-refractivity contribution in [2.75, 3.05) is 47.1 Å². The molecule has 0 unspecified atom stereocenters. The number of rotatable bonds is 6. The third kappa shape index (κ3) is 4.38. The van der Waals surface area contributed by atoms with Gasteiger partial charge in [-0.25, -0.2) is 4.98 Å². The Balaban J connectivity index is 0.00000144. The number of nitrogens with zero attached hydrogens (tertiary/aromatic N) is 4. The highest BCUT2D eigenvalue weighted by Gasteiger charge is 2.17. The fourth-order valence-electron chi connectivity index (χ4n) is 4.16. The fraction of sp³-hybridized carbons (Fsp3) is 0.348. The van der Waals surface area contributed by atoms with Crippen LogP contribution in [0.3, 0.4) is 0 Å². The third-order valence-electron chi connectivity index (χ3n) is 5.78. The van der Waals surface area contributed by atoms with E-state index in [0.717, 1.165) is 61.9 Å². The molecular formula is C23H28Cl2N4O3. The van der Waals surface area contributed by atoms with Crippen LogP contribution in [0.5, 0.6) is 11.5 Å². The molecule has 1 aliphatic heterocycles. The molecule has 9 heteroatoms. The number of fused-ring (bicyclic) bond motifs is 3. The van der Waals surface area contributed by atoms with Crippen LogP contribution in [0, 0.1) is 0 Å². The van der Waals surface area contributed by atoms with Gasteiger partial charge in [0.1, 0.15) is 0 Å². The molecule has 1 saturated heterocycles. The minimum atomic E-state index is 0. The number of benzene rings is 2. The van der Waals surface area contributed by atoms with Crippen molar-refractivity contribution in [1.29, 1.82) is 0 Å². The van der Waals surface area contributed by atoms with Crippen LogP contribution in [-0.2, 0) is 11.3 Å². The van der Waals surface area contributed by atoms with Gasteiger partial charge in [-0.1, -0.05) is 12.1 Å². The molecule has 32 heavy (non-hydrogen) atoms. The molecule has 172 valence electrons. The van der Waals surface area contributed by atoms with E-state index in [1.165, 1.54) is 5.52 Å². The molecule has 4 aromatic rings. The molecule has 2 aromatic heterocycles. The number of ether oxygens (including phenoxy) is 3. The van der Waals surface area contributed by atoms with Crippen molar-refractivity contribution in [2.45, 2.75) is 6.54 Å². The molecule has 0 saturated carbocycles. The number of methoxy groups -OCH3 is 2. The third-order valence-corrected chi connectivity index (χ3v) is 5.78. The van der Waals surface area contributed by atoms with E-state index in [9.17, 15) is 0 Å². The lowest BCUT2D eigenvalue weighted by molar-refractivity contribution is 0.0366. The monoisotopic (exact) mass is 478 g/mol. The van der Waals surface area contributed by atoms with E-state index in [-0.39, 0.29) is 24.8 Å². The SMILES string of the molecule is COc1ccc(-c2cn3c4ccccc4n(CCN4CCOCC4)c3n2)cc1OC.Cl.Cl. The topological polar surface area (TPSA) is 53.2 Å². The molecule has 1 aliphatic rings. The first-order valence-electron chi connectivity index (χ1n) is 10.3. The standard InChI is InChI=1S/C23H26N4O3.2ClH/c1-28-21-8-7-17(15-22(21)29-2)18-16-27-20-6-4-3-5-19(20)26(23(27)24-18)10-9-25-11-13-30-14-12-25;;/h3-8,15-16H,9-14H2,1-2H3;2*1H. The average Bonchev–Trinajstić information content (AvgIpc) is 3.36. The first-order chi connectivity index (χ1) is 14.8. The maximum Gasteiger partial charge on any atom is 0.215 e. The summed E-state index contributed by atoms with van der Waals surface area (Å²) in [5.74, 6) is 2.37. The molecule has 3 heterocycles. The van der Waals surface area contributed by atoms with Crippen LogP contribution in [0.4, 0.5) is 0 Å². The van der Waals surface area contributed by atoms with Crippen molar-refractivity contribution in [2.24, 2.45) is 0 Å². The number of hydrogen-bond donors (Lipinski definition) is 0. The van der Waals surface area contributed by atoms with Gasteiger partial charge in [-0.15, -0.1) is 24.8 Å². The molecule has 2 aromatic carbocycles. The lowest BCUT2D eigenvalue weighted by atomic mass is 10.1. The van der Waals surface area contributed by atoms with Crippen LogP contribution in [0.2, 0.25) is 0 Å². The summed E-state index contributed by atoms with van der Waals surface area (Å²) < 4.78 is 20.8. The zero-order valence-corrected chi connectivity index (χ0v) is 19.8. The zero-order chi connectivity index (χ0) is 20.5. The van der Waals surface area contributed by atoms with E-state index in [0.29, 0.717) is 11.5 Å². The van der Waals surface area contributed by atoms with E-state index in [4.69, 9.17) is 19.2 Å². The van der Waals surface area contributed by atoms with Gasteiger partial charge in [0.2, 0.25) is 5.78 Å². The number of aromatic nitrogens is 3. The Hall–Kier alpha value is -2.45. The van der Waals surface area contributed by atoms with Crippen LogP contribution in [0.25, 0.3) is 28.1 Å². The van der Waals surface area contributed by atoms with Crippen molar-refractivity contribution in [3.63, 3.8) is 0 Å². The first-order valence-corrected chi connectivity index (χ1v) is 10.3. The van der Waals surface area contributed by atoms with Gasteiger partial charge in [0.25, 0.3) is 0 Å². The Kier molecular flexibility index (Phi) is 7.90. The van der Waals surface area contributed by atoms with Gasteiger partial charge in [0.05, 0.1) is 44.2 Å².